The third-order valence-corrected chi connectivity index (χ3v) is 4.28. The number of anilines is 1. The average Bonchev–Trinajstić information content (AvgIpc) is 2.97. The molecule has 0 N–H and O–H groups in total. The molecule has 0 radical (unpaired) electrons. The normalized spacial score (nSPS) is 17.0. The number of hydrogen-bond donors (Lipinski definition) is 0. The molecule has 4 nitrogen and oxygen atoms in total. The van der Waals surface area contributed by atoms with E-state index in [1.54, 1.807) is 12.1 Å². The highest BCUT2D eigenvalue weighted by Gasteiger charge is 2.36. The van der Waals surface area contributed by atoms with Crippen LogP contribution >= 0.6 is 11.8 Å². The predicted molar refractivity (Wildman–Crippen MR) is 85.0 cm³/mol. The lowest BCUT2D eigenvalue weighted by Gasteiger charge is -2.14. The second-order valence-electron chi connectivity index (χ2n) is 4.85. The van der Waals surface area contributed by atoms with Crippen molar-refractivity contribution in [1.29, 1.82) is 0 Å². The molecule has 0 unspecified atom stereocenters. The van der Waals surface area contributed by atoms with Gasteiger partial charge in [-0.3, -0.25) is 9.59 Å². The molecule has 1 saturated heterocycles. The minimum Gasteiger partial charge on any atom is -0.351 e. The van der Waals surface area contributed by atoms with E-state index in [1.165, 1.54) is 4.90 Å². The van der Waals surface area contributed by atoms with Crippen LogP contribution in [0.3, 0.4) is 0 Å². The summed E-state index contributed by atoms with van der Waals surface area (Å²) in [5.74, 6) is -0.263. The van der Waals surface area contributed by atoms with Gasteiger partial charge in [0.05, 0.1) is 10.6 Å². The van der Waals surface area contributed by atoms with Crippen LogP contribution < -0.4 is 4.90 Å². The van der Waals surface area contributed by atoms with Crippen molar-refractivity contribution in [1.82, 2.24) is 4.57 Å². The molecule has 0 aliphatic carbocycles. The van der Waals surface area contributed by atoms with E-state index in [4.69, 9.17) is 0 Å². The first-order chi connectivity index (χ1) is 10.1. The highest BCUT2D eigenvalue weighted by atomic mass is 32.2. The van der Waals surface area contributed by atoms with E-state index in [0.29, 0.717) is 10.6 Å². The lowest BCUT2D eigenvalue weighted by molar-refractivity contribution is -0.113. The van der Waals surface area contributed by atoms with Crippen molar-refractivity contribution in [2.75, 3.05) is 4.90 Å². The highest BCUT2D eigenvalue weighted by Crippen LogP contribution is 2.36. The maximum Gasteiger partial charge on any atom is 0.298 e. The Balaban J connectivity index is 1.99. The third kappa shape index (κ3) is 2.40. The number of hydrogen-bond acceptors (Lipinski definition) is 3. The van der Waals surface area contributed by atoms with E-state index >= 15 is 0 Å². The standard InChI is InChI=1S/C16H14N2O2S/c1-11-6-3-4-8-13(11)18-15(19)14(21-16(18)20)10-12-7-5-9-17(12)2/h3-10H,1-2H3/b14-10+. The number of aromatic nitrogens is 1. The molecule has 2 heterocycles. The molecule has 1 fully saturated rings. The molecule has 21 heavy (non-hydrogen) atoms. The van der Waals surface area contributed by atoms with Gasteiger partial charge in [-0.05, 0) is 48.5 Å². The molecular weight excluding hydrogens is 284 g/mol. The van der Waals surface area contributed by atoms with Crippen molar-refractivity contribution in [3.8, 4) is 0 Å². The lowest BCUT2D eigenvalue weighted by atomic mass is 10.2. The molecule has 0 bridgehead atoms. The fraction of sp³-hybridized carbons (Fsp3) is 0.125. The Bertz CT molecular complexity index is 761. The summed E-state index contributed by atoms with van der Waals surface area (Å²) in [6.45, 7) is 1.89. The van der Waals surface area contributed by atoms with E-state index < -0.39 is 0 Å². The number of thioether (sulfide) groups is 1. The van der Waals surface area contributed by atoms with Crippen molar-refractivity contribution in [2.45, 2.75) is 6.92 Å². The number of rotatable bonds is 2. The monoisotopic (exact) mass is 298 g/mol. The van der Waals surface area contributed by atoms with Gasteiger partial charge in [-0.15, -0.1) is 0 Å². The first-order valence-corrected chi connectivity index (χ1v) is 7.34. The van der Waals surface area contributed by atoms with Crippen LogP contribution in [0.25, 0.3) is 6.08 Å². The number of amides is 2. The van der Waals surface area contributed by atoms with Crippen LogP contribution in [-0.2, 0) is 11.8 Å². The Morgan fingerprint density at radius 1 is 1.10 bits per heavy atom. The number of benzene rings is 1. The van der Waals surface area contributed by atoms with E-state index in [2.05, 4.69) is 0 Å². The summed E-state index contributed by atoms with van der Waals surface area (Å²) in [5.41, 5.74) is 2.44. The fourth-order valence-electron chi connectivity index (χ4n) is 2.25. The predicted octanol–water partition coefficient (Wildman–Crippen LogP) is 3.57. The number of imide groups is 1. The first-order valence-electron chi connectivity index (χ1n) is 6.53. The van der Waals surface area contributed by atoms with Crippen LogP contribution in [0.2, 0.25) is 0 Å². The number of carbonyl (C=O) groups is 2. The van der Waals surface area contributed by atoms with Crippen molar-refractivity contribution < 1.29 is 9.59 Å². The molecule has 1 aliphatic heterocycles. The van der Waals surface area contributed by atoms with E-state index in [0.717, 1.165) is 23.0 Å². The zero-order valence-electron chi connectivity index (χ0n) is 11.7. The van der Waals surface area contributed by atoms with E-state index in [9.17, 15) is 9.59 Å². The van der Waals surface area contributed by atoms with Gasteiger partial charge < -0.3 is 4.57 Å². The van der Waals surface area contributed by atoms with Crippen molar-refractivity contribution in [2.24, 2.45) is 7.05 Å². The van der Waals surface area contributed by atoms with E-state index in [1.807, 2.05) is 55.1 Å². The molecular formula is C16H14N2O2S. The smallest absolute Gasteiger partial charge is 0.298 e. The third-order valence-electron chi connectivity index (χ3n) is 3.41. The quantitative estimate of drug-likeness (QED) is 0.796. The summed E-state index contributed by atoms with van der Waals surface area (Å²) < 4.78 is 1.90. The Kier molecular flexibility index (Phi) is 3.43. The minimum atomic E-state index is -0.263. The topological polar surface area (TPSA) is 42.3 Å². The maximum atomic E-state index is 12.5. The van der Waals surface area contributed by atoms with Crippen LogP contribution in [-0.4, -0.2) is 15.7 Å². The highest BCUT2D eigenvalue weighted by molar-refractivity contribution is 8.19. The van der Waals surface area contributed by atoms with Crippen LogP contribution in [0.5, 0.6) is 0 Å². The van der Waals surface area contributed by atoms with Crippen LogP contribution in [0.15, 0.2) is 47.5 Å². The second-order valence-corrected chi connectivity index (χ2v) is 5.84. The molecule has 0 saturated carbocycles. The summed E-state index contributed by atoms with van der Waals surface area (Å²) in [5, 5.41) is -0.255. The van der Waals surface area contributed by atoms with Gasteiger partial charge in [0, 0.05) is 18.9 Å². The molecule has 1 aliphatic rings. The molecule has 2 aromatic rings. The number of nitrogens with zero attached hydrogens (tertiary/aromatic N) is 2. The van der Waals surface area contributed by atoms with Crippen LogP contribution in [0.1, 0.15) is 11.3 Å². The van der Waals surface area contributed by atoms with Gasteiger partial charge in [-0.2, -0.15) is 0 Å². The van der Waals surface area contributed by atoms with E-state index in [-0.39, 0.29) is 11.1 Å². The van der Waals surface area contributed by atoms with Gasteiger partial charge in [0.2, 0.25) is 0 Å². The summed E-state index contributed by atoms with van der Waals surface area (Å²) in [6, 6.07) is 11.2. The number of carbonyl (C=O) groups excluding carboxylic acids is 2. The summed E-state index contributed by atoms with van der Waals surface area (Å²) >= 11 is 0.977. The average molecular weight is 298 g/mol. The molecule has 106 valence electrons. The zero-order chi connectivity index (χ0) is 15.0. The largest absolute Gasteiger partial charge is 0.351 e. The zero-order valence-corrected chi connectivity index (χ0v) is 12.6. The molecule has 1 aromatic carbocycles. The number of para-hydroxylation sites is 1. The Morgan fingerprint density at radius 3 is 2.52 bits per heavy atom. The van der Waals surface area contributed by atoms with Gasteiger partial charge in [-0.1, -0.05) is 18.2 Å². The first kappa shape index (κ1) is 13.7. The molecule has 1 aromatic heterocycles. The molecule has 5 heteroatoms. The van der Waals surface area contributed by atoms with Gasteiger partial charge in [-0.25, -0.2) is 4.90 Å². The van der Waals surface area contributed by atoms with Gasteiger partial charge in [0.15, 0.2) is 0 Å². The second kappa shape index (κ2) is 5.26. The van der Waals surface area contributed by atoms with Gasteiger partial charge in [0.1, 0.15) is 0 Å². The summed E-state index contributed by atoms with van der Waals surface area (Å²) in [7, 11) is 1.90. The Morgan fingerprint density at radius 2 is 1.86 bits per heavy atom. The van der Waals surface area contributed by atoms with Crippen molar-refractivity contribution in [3.63, 3.8) is 0 Å². The van der Waals surface area contributed by atoms with Crippen molar-refractivity contribution >= 4 is 34.7 Å². The maximum absolute atomic E-state index is 12.5. The molecule has 0 atom stereocenters. The van der Waals surface area contributed by atoms with Crippen LogP contribution in [0.4, 0.5) is 10.5 Å². The fourth-order valence-corrected chi connectivity index (χ4v) is 3.07. The molecule has 0 spiro atoms. The van der Waals surface area contributed by atoms with Gasteiger partial charge in [0.25, 0.3) is 11.1 Å². The minimum absolute atomic E-state index is 0.255. The molecule has 3 rings (SSSR count). The van der Waals surface area contributed by atoms with Gasteiger partial charge >= 0.3 is 0 Å². The Hall–Kier alpha value is -2.27. The number of aryl methyl sites for hydroxylation is 2. The summed E-state index contributed by atoms with van der Waals surface area (Å²) in [6.07, 6.45) is 3.65. The molecule has 2 amide bonds. The lowest BCUT2D eigenvalue weighted by Crippen LogP contribution is -2.28. The van der Waals surface area contributed by atoms with Crippen LogP contribution in [0, 0.1) is 6.92 Å². The summed E-state index contributed by atoms with van der Waals surface area (Å²) in [4.78, 5) is 26.4. The SMILES string of the molecule is Cc1ccccc1N1C(=O)S/C(=C/c2cccn2C)C1=O. The van der Waals surface area contributed by atoms with Crippen molar-refractivity contribution in [3.05, 3.63) is 58.8 Å². The Labute approximate surface area is 127 Å².